The molecule has 0 saturated carbocycles. The quantitative estimate of drug-likeness (QED) is 0.123. The Morgan fingerprint density at radius 1 is 0.839 bits per heavy atom. The monoisotopic (exact) mass is 467 g/mol. The summed E-state index contributed by atoms with van der Waals surface area (Å²) < 4.78 is 61.2. The number of hydrogen-bond acceptors (Lipinski definition) is 3. The molecule has 0 atom stereocenters. The van der Waals surface area contributed by atoms with Gasteiger partial charge in [0.25, 0.3) is 0 Å². The van der Waals surface area contributed by atoms with Crippen LogP contribution >= 0.6 is 0 Å². The molecule has 1 heterocycles. The first-order chi connectivity index (χ1) is 14.6. The standard InChI is InChI=1S/C22H40N.CHF3O3S/c1-3-4-5-6-7-8-9-10-11-12-13-14-15-16-19-23-20-17-18-22(2)21-23;2-1(3,4)8(5,6)7/h17-18,20-21H,3-16,19H2,1-2H3;(H,5,6,7)/q+1;/p-1. The van der Waals surface area contributed by atoms with Crippen LogP contribution in [-0.4, -0.2) is 18.5 Å². The van der Waals surface area contributed by atoms with E-state index in [9.17, 15) is 13.2 Å². The second-order valence-electron chi connectivity index (χ2n) is 8.12. The summed E-state index contributed by atoms with van der Waals surface area (Å²) in [4.78, 5) is 0. The summed E-state index contributed by atoms with van der Waals surface area (Å²) in [5, 5.41) is 0. The molecule has 0 aliphatic heterocycles. The number of halogens is 3. The molecule has 4 nitrogen and oxygen atoms in total. The summed E-state index contributed by atoms with van der Waals surface area (Å²) in [7, 11) is -6.09. The van der Waals surface area contributed by atoms with Gasteiger partial charge in [-0.3, -0.25) is 0 Å². The van der Waals surface area contributed by atoms with Crippen molar-refractivity contribution < 1.29 is 30.7 Å². The summed E-state index contributed by atoms with van der Waals surface area (Å²) in [6.45, 7) is 5.64. The fraction of sp³-hybridized carbons (Fsp3) is 0.783. The molecule has 0 amide bonds. The molecule has 8 heteroatoms. The van der Waals surface area contributed by atoms with Gasteiger partial charge in [-0.2, -0.15) is 13.2 Å². The van der Waals surface area contributed by atoms with Gasteiger partial charge in [0.2, 0.25) is 0 Å². The number of pyridine rings is 1. The first-order valence-corrected chi connectivity index (χ1v) is 13.0. The lowest BCUT2D eigenvalue weighted by Crippen LogP contribution is -2.32. The van der Waals surface area contributed by atoms with Crippen molar-refractivity contribution in [1.82, 2.24) is 0 Å². The van der Waals surface area contributed by atoms with Gasteiger partial charge >= 0.3 is 5.51 Å². The maximum atomic E-state index is 10.7. The fourth-order valence-electron chi connectivity index (χ4n) is 3.28. The van der Waals surface area contributed by atoms with Crippen molar-refractivity contribution in [3.05, 3.63) is 30.1 Å². The minimum absolute atomic E-state index is 1.18. The number of unbranched alkanes of at least 4 members (excludes halogenated alkanes) is 13. The molecule has 0 aliphatic rings. The van der Waals surface area contributed by atoms with E-state index in [-0.39, 0.29) is 0 Å². The van der Waals surface area contributed by atoms with Crippen molar-refractivity contribution >= 4 is 10.1 Å². The van der Waals surface area contributed by atoms with Crippen LogP contribution in [0.2, 0.25) is 0 Å². The highest BCUT2D eigenvalue weighted by Crippen LogP contribution is 2.20. The smallest absolute Gasteiger partial charge is 0.485 e. The highest BCUT2D eigenvalue weighted by atomic mass is 32.2. The Balaban J connectivity index is 0.000000954. The zero-order valence-electron chi connectivity index (χ0n) is 19.1. The number of aryl methyl sites for hydroxylation is 2. The van der Waals surface area contributed by atoms with E-state index in [4.69, 9.17) is 13.0 Å². The minimum Gasteiger partial charge on any atom is -0.741 e. The molecule has 0 aliphatic carbocycles. The average Bonchev–Trinajstić information content (AvgIpc) is 2.67. The van der Waals surface area contributed by atoms with Crippen molar-refractivity contribution in [1.29, 1.82) is 0 Å². The Morgan fingerprint density at radius 3 is 1.58 bits per heavy atom. The molecule has 1 aromatic rings. The van der Waals surface area contributed by atoms with Gasteiger partial charge in [0, 0.05) is 18.1 Å². The van der Waals surface area contributed by atoms with Gasteiger partial charge in [-0.25, -0.2) is 13.0 Å². The second-order valence-corrected chi connectivity index (χ2v) is 9.49. The molecule has 1 aromatic heterocycles. The van der Waals surface area contributed by atoms with Crippen LogP contribution in [0.15, 0.2) is 24.5 Å². The van der Waals surface area contributed by atoms with Crippen LogP contribution in [0.25, 0.3) is 0 Å². The minimum atomic E-state index is -6.09. The van der Waals surface area contributed by atoms with Gasteiger partial charge in [0.05, 0.1) is 0 Å². The lowest BCUT2D eigenvalue weighted by Gasteiger charge is -2.08. The number of nitrogens with zero attached hydrogens (tertiary/aromatic N) is 1. The second kappa shape index (κ2) is 17.4. The zero-order valence-corrected chi connectivity index (χ0v) is 19.9. The van der Waals surface area contributed by atoms with E-state index in [1.165, 1.54) is 102 Å². The molecule has 182 valence electrons. The predicted octanol–water partition coefficient (Wildman–Crippen LogP) is 6.82. The molecule has 0 unspecified atom stereocenters. The van der Waals surface area contributed by atoms with Crippen molar-refractivity contribution in [2.75, 3.05) is 0 Å². The Morgan fingerprint density at radius 2 is 1.23 bits per heavy atom. The number of alkyl halides is 3. The van der Waals surface area contributed by atoms with E-state index >= 15 is 0 Å². The van der Waals surface area contributed by atoms with Crippen molar-refractivity contribution in [3.63, 3.8) is 0 Å². The van der Waals surface area contributed by atoms with E-state index < -0.39 is 15.6 Å². The van der Waals surface area contributed by atoms with Gasteiger partial charge < -0.3 is 4.55 Å². The van der Waals surface area contributed by atoms with Crippen molar-refractivity contribution in [2.24, 2.45) is 0 Å². The predicted molar refractivity (Wildman–Crippen MR) is 117 cm³/mol. The summed E-state index contributed by atoms with van der Waals surface area (Å²) in [5.74, 6) is 0. The lowest BCUT2D eigenvalue weighted by molar-refractivity contribution is -0.697. The molecule has 0 saturated heterocycles. The van der Waals surface area contributed by atoms with E-state index in [1.54, 1.807) is 0 Å². The Hall–Kier alpha value is -1.15. The first-order valence-electron chi connectivity index (χ1n) is 11.6. The van der Waals surface area contributed by atoms with Gasteiger partial charge in [-0.1, -0.05) is 84.0 Å². The molecule has 0 N–H and O–H groups in total. The molecule has 0 spiro atoms. The van der Waals surface area contributed by atoms with E-state index in [2.05, 4.69) is 42.9 Å². The van der Waals surface area contributed by atoms with Gasteiger partial charge in [-0.05, 0) is 19.4 Å². The molecule has 0 aromatic carbocycles. The third-order valence-corrected chi connectivity index (χ3v) is 5.63. The molecule has 0 bridgehead atoms. The maximum Gasteiger partial charge on any atom is 0.485 e. The number of hydrogen-bond donors (Lipinski definition) is 0. The molecule has 31 heavy (non-hydrogen) atoms. The van der Waals surface area contributed by atoms with Gasteiger partial charge in [0.1, 0.15) is 6.54 Å². The largest absolute Gasteiger partial charge is 0.741 e. The highest BCUT2D eigenvalue weighted by molar-refractivity contribution is 7.86. The zero-order chi connectivity index (χ0) is 23.6. The number of aromatic nitrogens is 1. The van der Waals surface area contributed by atoms with E-state index in [1.807, 2.05) is 0 Å². The average molecular weight is 468 g/mol. The van der Waals surface area contributed by atoms with Crippen molar-refractivity contribution in [2.45, 2.75) is 116 Å². The fourth-order valence-corrected chi connectivity index (χ4v) is 3.28. The van der Waals surface area contributed by atoms with Crippen LogP contribution in [0.5, 0.6) is 0 Å². The topological polar surface area (TPSA) is 61.1 Å². The Kier molecular flexibility index (Phi) is 16.8. The molecule has 0 fully saturated rings. The highest BCUT2D eigenvalue weighted by Gasteiger charge is 2.36. The summed E-state index contributed by atoms with van der Waals surface area (Å²) in [6, 6.07) is 4.32. The lowest BCUT2D eigenvalue weighted by atomic mass is 10.0. The van der Waals surface area contributed by atoms with Gasteiger partial charge in [-0.15, -0.1) is 0 Å². The van der Waals surface area contributed by atoms with E-state index in [0.717, 1.165) is 0 Å². The van der Waals surface area contributed by atoms with Crippen LogP contribution in [-0.2, 0) is 16.7 Å². The SMILES string of the molecule is CCCCCCCCCCCCCCCC[n+]1cccc(C)c1.O=S(=O)([O-])C(F)(F)F. The van der Waals surface area contributed by atoms with Crippen molar-refractivity contribution in [3.8, 4) is 0 Å². The molecular formula is C23H40F3NO3S. The summed E-state index contributed by atoms with van der Waals surface area (Å²) in [5.41, 5.74) is -4.29. The molecule has 1 rings (SSSR count). The molecule has 0 radical (unpaired) electrons. The summed E-state index contributed by atoms with van der Waals surface area (Å²) in [6.07, 6.45) is 24.5. The first kappa shape index (κ1) is 29.9. The van der Waals surface area contributed by atoms with Crippen LogP contribution < -0.4 is 4.57 Å². The number of rotatable bonds is 15. The van der Waals surface area contributed by atoms with Gasteiger partial charge in [0.15, 0.2) is 22.5 Å². The normalized spacial score (nSPS) is 11.8. The van der Waals surface area contributed by atoms with Crippen LogP contribution in [0.3, 0.4) is 0 Å². The van der Waals surface area contributed by atoms with Crippen LogP contribution in [0, 0.1) is 6.92 Å². The third-order valence-electron chi connectivity index (χ3n) is 5.06. The van der Waals surface area contributed by atoms with Crippen LogP contribution in [0.4, 0.5) is 13.2 Å². The van der Waals surface area contributed by atoms with Crippen LogP contribution in [0.1, 0.15) is 102 Å². The maximum absolute atomic E-state index is 10.7. The Bertz CT molecular complexity index is 664. The van der Waals surface area contributed by atoms with E-state index in [0.29, 0.717) is 0 Å². The molecular weight excluding hydrogens is 427 g/mol. The Labute approximate surface area is 187 Å². The third kappa shape index (κ3) is 18.2. The summed E-state index contributed by atoms with van der Waals surface area (Å²) >= 11 is 0.